The number of hydrogen-bond acceptors (Lipinski definition) is 6. The summed E-state index contributed by atoms with van der Waals surface area (Å²) in [5.74, 6) is 1.67. The third kappa shape index (κ3) is 5.03. The molecule has 0 radical (unpaired) electrons. The number of rotatable bonds is 7. The number of amides is 1. The van der Waals surface area contributed by atoms with E-state index in [1.54, 1.807) is 26.4 Å². The second-order valence-electron chi connectivity index (χ2n) is 9.16. The Labute approximate surface area is 215 Å². The van der Waals surface area contributed by atoms with Gasteiger partial charge >= 0.3 is 5.63 Å². The summed E-state index contributed by atoms with van der Waals surface area (Å²) in [6.07, 6.45) is 0.974. The Morgan fingerprint density at radius 3 is 2.54 bits per heavy atom. The van der Waals surface area contributed by atoms with Crippen LogP contribution < -0.4 is 19.8 Å². The number of fused-ring (bicyclic) bond motifs is 2. The fourth-order valence-corrected chi connectivity index (χ4v) is 4.97. The molecule has 1 amide bonds. The van der Waals surface area contributed by atoms with Gasteiger partial charge in [-0.05, 0) is 54.3 Å². The SMILES string of the molecule is COc1cc2c(cc1OC)C(COc1cc(=O)oc3ccccc13)N(C(=O)Cc1cccc(C)c1)CC2. The summed E-state index contributed by atoms with van der Waals surface area (Å²) in [7, 11) is 3.20. The number of nitrogens with zero attached hydrogens (tertiary/aromatic N) is 1. The van der Waals surface area contributed by atoms with E-state index >= 15 is 0 Å². The normalized spacial score (nSPS) is 14.8. The molecule has 7 heteroatoms. The molecule has 190 valence electrons. The third-order valence-corrected chi connectivity index (χ3v) is 6.77. The van der Waals surface area contributed by atoms with Crippen LogP contribution in [-0.4, -0.2) is 38.2 Å². The monoisotopic (exact) mass is 499 g/mol. The lowest BCUT2D eigenvalue weighted by Crippen LogP contribution is -2.43. The van der Waals surface area contributed by atoms with E-state index in [1.807, 2.05) is 60.4 Å². The van der Waals surface area contributed by atoms with Crippen molar-refractivity contribution in [2.24, 2.45) is 0 Å². The van der Waals surface area contributed by atoms with Gasteiger partial charge in [-0.1, -0.05) is 42.0 Å². The lowest BCUT2D eigenvalue weighted by molar-refractivity contribution is -0.134. The second-order valence-corrected chi connectivity index (χ2v) is 9.16. The highest BCUT2D eigenvalue weighted by Gasteiger charge is 2.33. The Hall–Kier alpha value is -4.26. The summed E-state index contributed by atoms with van der Waals surface area (Å²) < 4.78 is 22.6. The molecule has 1 aromatic heterocycles. The van der Waals surface area contributed by atoms with Crippen molar-refractivity contribution in [3.63, 3.8) is 0 Å². The molecule has 37 heavy (non-hydrogen) atoms. The highest BCUT2D eigenvalue weighted by atomic mass is 16.5. The zero-order valence-electron chi connectivity index (χ0n) is 21.2. The van der Waals surface area contributed by atoms with Gasteiger partial charge in [0.2, 0.25) is 5.91 Å². The third-order valence-electron chi connectivity index (χ3n) is 6.77. The lowest BCUT2D eigenvalue weighted by atomic mass is 9.91. The van der Waals surface area contributed by atoms with Crippen molar-refractivity contribution >= 4 is 16.9 Å². The summed E-state index contributed by atoms with van der Waals surface area (Å²) in [6, 6.07) is 20.1. The van der Waals surface area contributed by atoms with Crippen molar-refractivity contribution in [2.45, 2.75) is 25.8 Å². The topological polar surface area (TPSA) is 78.2 Å². The smallest absolute Gasteiger partial charge is 0.339 e. The minimum atomic E-state index is -0.489. The molecule has 0 saturated heterocycles. The van der Waals surface area contributed by atoms with Crippen molar-refractivity contribution in [3.8, 4) is 17.2 Å². The molecule has 1 aliphatic rings. The van der Waals surface area contributed by atoms with Crippen molar-refractivity contribution in [2.75, 3.05) is 27.4 Å². The Bertz CT molecular complexity index is 1510. The maximum atomic E-state index is 13.6. The molecule has 0 aliphatic carbocycles. The molecule has 7 nitrogen and oxygen atoms in total. The molecule has 0 spiro atoms. The van der Waals surface area contributed by atoms with Crippen LogP contribution in [0.1, 0.15) is 28.3 Å². The van der Waals surface area contributed by atoms with Gasteiger partial charge in [-0.3, -0.25) is 4.79 Å². The number of para-hydroxylation sites is 1. The maximum Gasteiger partial charge on any atom is 0.339 e. The average Bonchev–Trinajstić information content (AvgIpc) is 2.90. The van der Waals surface area contributed by atoms with Crippen LogP contribution in [0.15, 0.2) is 75.9 Å². The van der Waals surface area contributed by atoms with Gasteiger partial charge in [-0.25, -0.2) is 4.79 Å². The first kappa shape index (κ1) is 24.4. The molecular formula is C30H29NO6. The van der Waals surface area contributed by atoms with E-state index in [4.69, 9.17) is 18.6 Å². The van der Waals surface area contributed by atoms with Gasteiger partial charge in [0.05, 0.1) is 38.1 Å². The van der Waals surface area contributed by atoms with Gasteiger partial charge in [-0.15, -0.1) is 0 Å². The predicted molar refractivity (Wildman–Crippen MR) is 141 cm³/mol. The molecule has 0 bridgehead atoms. The molecule has 0 fully saturated rings. The number of carbonyl (C=O) groups excluding carboxylic acids is 1. The van der Waals surface area contributed by atoms with E-state index in [0.29, 0.717) is 47.6 Å². The average molecular weight is 500 g/mol. The van der Waals surface area contributed by atoms with E-state index in [9.17, 15) is 9.59 Å². The summed E-state index contributed by atoms with van der Waals surface area (Å²) >= 11 is 0. The number of ether oxygens (including phenoxy) is 3. The predicted octanol–water partition coefficient (Wildman–Crippen LogP) is 4.87. The van der Waals surface area contributed by atoms with Crippen LogP contribution in [0.5, 0.6) is 17.2 Å². The standard InChI is InChI=1S/C30H29NO6/c1-19-7-6-8-20(13-19)14-29(32)31-12-11-21-15-27(34-2)28(35-3)16-23(21)24(31)18-36-26-17-30(33)37-25-10-5-4-9-22(25)26/h4-10,13,15-17,24H,11-12,14,18H2,1-3H3. The minimum Gasteiger partial charge on any atom is -0.493 e. The fourth-order valence-electron chi connectivity index (χ4n) is 4.97. The number of aryl methyl sites for hydroxylation is 1. The van der Waals surface area contributed by atoms with Crippen molar-refractivity contribution < 1.29 is 23.4 Å². The van der Waals surface area contributed by atoms with Gasteiger partial charge in [-0.2, -0.15) is 0 Å². The Kier molecular flexibility index (Phi) is 6.86. The van der Waals surface area contributed by atoms with Gasteiger partial charge in [0.15, 0.2) is 11.5 Å². The van der Waals surface area contributed by atoms with Crippen LogP contribution in [0.25, 0.3) is 11.0 Å². The highest BCUT2D eigenvalue weighted by Crippen LogP contribution is 2.39. The van der Waals surface area contributed by atoms with Crippen LogP contribution in [0, 0.1) is 6.92 Å². The van der Waals surface area contributed by atoms with Gasteiger partial charge in [0, 0.05) is 6.54 Å². The summed E-state index contributed by atoms with van der Waals surface area (Å²) in [6.45, 7) is 2.72. The van der Waals surface area contributed by atoms with Gasteiger partial charge < -0.3 is 23.5 Å². The molecule has 2 heterocycles. The van der Waals surface area contributed by atoms with Crippen molar-refractivity contribution in [1.82, 2.24) is 4.90 Å². The van der Waals surface area contributed by atoms with Gasteiger partial charge in [0.25, 0.3) is 0 Å². The first-order valence-corrected chi connectivity index (χ1v) is 12.2. The van der Waals surface area contributed by atoms with Crippen LogP contribution in [0.2, 0.25) is 0 Å². The first-order valence-electron chi connectivity index (χ1n) is 12.2. The molecule has 3 aromatic carbocycles. The summed E-state index contributed by atoms with van der Waals surface area (Å²) in [5.41, 5.74) is 4.05. The van der Waals surface area contributed by atoms with E-state index < -0.39 is 5.63 Å². The lowest BCUT2D eigenvalue weighted by Gasteiger charge is -2.38. The number of benzene rings is 3. The molecule has 4 aromatic rings. The molecule has 0 saturated carbocycles. The second kappa shape index (κ2) is 10.4. The van der Waals surface area contributed by atoms with Crippen LogP contribution in [0.3, 0.4) is 0 Å². The zero-order valence-corrected chi connectivity index (χ0v) is 21.2. The fraction of sp³-hybridized carbons (Fsp3) is 0.267. The zero-order chi connectivity index (χ0) is 25.9. The molecule has 5 rings (SSSR count). The maximum absolute atomic E-state index is 13.6. The molecular weight excluding hydrogens is 470 g/mol. The van der Waals surface area contributed by atoms with Crippen LogP contribution in [0.4, 0.5) is 0 Å². The van der Waals surface area contributed by atoms with E-state index in [-0.39, 0.29) is 18.6 Å². The number of carbonyl (C=O) groups is 1. The first-order chi connectivity index (χ1) is 18.0. The van der Waals surface area contributed by atoms with Gasteiger partial charge in [0.1, 0.15) is 17.9 Å². The van der Waals surface area contributed by atoms with Crippen LogP contribution in [-0.2, 0) is 17.6 Å². The molecule has 1 unspecified atom stereocenters. The summed E-state index contributed by atoms with van der Waals surface area (Å²) in [4.78, 5) is 27.6. The van der Waals surface area contributed by atoms with Crippen molar-refractivity contribution in [1.29, 1.82) is 0 Å². The summed E-state index contributed by atoms with van der Waals surface area (Å²) in [5, 5.41) is 0.697. The molecule has 1 aliphatic heterocycles. The Morgan fingerprint density at radius 2 is 1.76 bits per heavy atom. The van der Waals surface area contributed by atoms with E-state index in [0.717, 1.165) is 22.3 Å². The van der Waals surface area contributed by atoms with Crippen molar-refractivity contribution in [3.05, 3.63) is 99.4 Å². The minimum absolute atomic E-state index is 0.0112. The van der Waals surface area contributed by atoms with Crippen LogP contribution >= 0.6 is 0 Å². The Morgan fingerprint density at radius 1 is 0.973 bits per heavy atom. The Balaban J connectivity index is 1.51. The number of methoxy groups -OCH3 is 2. The van der Waals surface area contributed by atoms with E-state index in [2.05, 4.69) is 0 Å². The molecule has 0 N–H and O–H groups in total. The number of hydrogen-bond donors (Lipinski definition) is 0. The largest absolute Gasteiger partial charge is 0.493 e. The quantitative estimate of drug-likeness (QED) is 0.338. The highest BCUT2D eigenvalue weighted by molar-refractivity contribution is 5.83. The van der Waals surface area contributed by atoms with E-state index in [1.165, 1.54) is 6.07 Å². The molecule has 1 atom stereocenters.